The van der Waals surface area contributed by atoms with E-state index in [1.54, 1.807) is 24.0 Å². The maximum Gasteiger partial charge on any atom is 0.251 e. The molecule has 1 atom stereocenters. The molecule has 2 aromatic heterocycles. The van der Waals surface area contributed by atoms with Crippen molar-refractivity contribution in [3.05, 3.63) is 65.5 Å². The molecule has 1 amide bonds. The van der Waals surface area contributed by atoms with Crippen molar-refractivity contribution in [3.63, 3.8) is 0 Å². The van der Waals surface area contributed by atoms with Gasteiger partial charge in [0.15, 0.2) is 0 Å². The van der Waals surface area contributed by atoms with Crippen LogP contribution in [0.15, 0.2) is 48.7 Å². The zero-order valence-electron chi connectivity index (χ0n) is 17.0. The Balaban J connectivity index is 1.51. The zero-order chi connectivity index (χ0) is 20.8. The minimum Gasteiger partial charge on any atom is -0.376 e. The number of hydrogen-bond donors (Lipinski definition) is 2. The summed E-state index contributed by atoms with van der Waals surface area (Å²) < 4.78 is 7.31. The lowest BCUT2D eigenvalue weighted by Gasteiger charge is -2.23. The number of nitrogens with zero attached hydrogens (tertiary/aromatic N) is 4. The number of aromatic nitrogens is 4. The van der Waals surface area contributed by atoms with E-state index in [2.05, 4.69) is 33.1 Å². The van der Waals surface area contributed by atoms with Gasteiger partial charge in [0, 0.05) is 44.4 Å². The van der Waals surface area contributed by atoms with Crippen molar-refractivity contribution in [2.45, 2.75) is 18.9 Å². The number of aryl methyl sites for hydroxylation is 1. The van der Waals surface area contributed by atoms with Gasteiger partial charge in [0.1, 0.15) is 5.69 Å². The Hall–Kier alpha value is -3.10. The molecule has 4 rings (SSSR count). The van der Waals surface area contributed by atoms with Gasteiger partial charge < -0.3 is 15.4 Å². The number of rotatable bonds is 7. The highest BCUT2D eigenvalue weighted by Gasteiger charge is 2.16. The first kappa shape index (κ1) is 20.2. The number of carbonyl (C=O) groups excluding carboxylic acids is 1. The minimum absolute atomic E-state index is 0.124. The fourth-order valence-corrected chi connectivity index (χ4v) is 3.46. The van der Waals surface area contributed by atoms with E-state index < -0.39 is 0 Å². The Morgan fingerprint density at radius 2 is 2.13 bits per heavy atom. The van der Waals surface area contributed by atoms with Crippen LogP contribution in [0.25, 0.3) is 11.4 Å². The van der Waals surface area contributed by atoms with Gasteiger partial charge in [0.25, 0.3) is 5.91 Å². The van der Waals surface area contributed by atoms with Crippen LogP contribution in [0, 0.1) is 0 Å². The van der Waals surface area contributed by atoms with E-state index in [-0.39, 0.29) is 12.0 Å². The summed E-state index contributed by atoms with van der Waals surface area (Å²) in [6.45, 7) is 2.98. The molecule has 0 bridgehead atoms. The van der Waals surface area contributed by atoms with Crippen molar-refractivity contribution < 1.29 is 9.53 Å². The van der Waals surface area contributed by atoms with Gasteiger partial charge >= 0.3 is 0 Å². The van der Waals surface area contributed by atoms with E-state index in [0.717, 1.165) is 30.8 Å². The highest BCUT2D eigenvalue weighted by Crippen LogP contribution is 2.19. The summed E-state index contributed by atoms with van der Waals surface area (Å²) in [7, 11) is 1.81. The third-order valence-corrected chi connectivity index (χ3v) is 4.99. The summed E-state index contributed by atoms with van der Waals surface area (Å²) >= 11 is 0. The second-order valence-corrected chi connectivity index (χ2v) is 7.41. The van der Waals surface area contributed by atoms with Crippen molar-refractivity contribution in [1.29, 1.82) is 0 Å². The van der Waals surface area contributed by atoms with Gasteiger partial charge in [0.2, 0.25) is 0 Å². The largest absolute Gasteiger partial charge is 0.376 e. The van der Waals surface area contributed by atoms with Gasteiger partial charge in [-0.2, -0.15) is 0 Å². The van der Waals surface area contributed by atoms with Crippen molar-refractivity contribution in [2.24, 2.45) is 7.05 Å². The Kier molecular flexibility index (Phi) is 6.46. The van der Waals surface area contributed by atoms with Gasteiger partial charge in [0.05, 0.1) is 24.6 Å². The van der Waals surface area contributed by atoms with Crippen LogP contribution >= 0.6 is 0 Å². The molecule has 156 valence electrons. The molecule has 0 spiro atoms. The van der Waals surface area contributed by atoms with Crippen LogP contribution in [0.1, 0.15) is 28.0 Å². The number of amides is 1. The summed E-state index contributed by atoms with van der Waals surface area (Å²) in [6, 6.07) is 13.7. The van der Waals surface area contributed by atoms with Gasteiger partial charge in [-0.05, 0) is 24.1 Å². The van der Waals surface area contributed by atoms with Gasteiger partial charge in [-0.25, -0.2) is 0 Å². The summed E-state index contributed by atoms with van der Waals surface area (Å²) in [5.74, 6) is -0.124. The Labute approximate surface area is 175 Å². The molecule has 1 aliphatic rings. The molecule has 1 aliphatic heterocycles. The minimum atomic E-state index is -0.124. The average Bonchev–Trinajstić information content (AvgIpc) is 3.21. The first-order chi connectivity index (χ1) is 14.7. The second kappa shape index (κ2) is 9.60. The number of ether oxygens (including phenoxy) is 1. The van der Waals surface area contributed by atoms with Crippen LogP contribution in [0.3, 0.4) is 0 Å². The number of benzene rings is 1. The molecule has 0 aliphatic carbocycles. The van der Waals surface area contributed by atoms with Crippen LogP contribution in [0.2, 0.25) is 0 Å². The molecule has 2 N–H and O–H groups in total. The number of carbonyl (C=O) groups is 1. The predicted molar refractivity (Wildman–Crippen MR) is 113 cm³/mol. The van der Waals surface area contributed by atoms with E-state index in [0.29, 0.717) is 36.5 Å². The zero-order valence-corrected chi connectivity index (χ0v) is 17.0. The van der Waals surface area contributed by atoms with Crippen molar-refractivity contribution >= 4 is 5.91 Å². The van der Waals surface area contributed by atoms with Gasteiger partial charge in [-0.3, -0.25) is 14.5 Å². The molecular formula is C22H26N6O2. The summed E-state index contributed by atoms with van der Waals surface area (Å²) in [5.41, 5.74) is 3.80. The normalized spacial score (nSPS) is 16.4. The molecule has 1 saturated heterocycles. The van der Waals surface area contributed by atoms with Crippen molar-refractivity contribution in [2.75, 3.05) is 26.2 Å². The van der Waals surface area contributed by atoms with Crippen LogP contribution in [0.5, 0.6) is 0 Å². The lowest BCUT2D eigenvalue weighted by Crippen LogP contribution is -2.40. The SMILES string of the molecule is Cn1cc(-c2cc(C(=O)NCC[C@@H]3CNCCO3)cc(Cc3ccccc3)n2)nn1. The highest BCUT2D eigenvalue weighted by atomic mass is 16.5. The molecule has 30 heavy (non-hydrogen) atoms. The summed E-state index contributed by atoms with van der Waals surface area (Å²) in [5, 5.41) is 14.4. The monoisotopic (exact) mass is 406 g/mol. The average molecular weight is 406 g/mol. The quantitative estimate of drug-likeness (QED) is 0.619. The summed E-state index contributed by atoms with van der Waals surface area (Å²) in [6.07, 6.45) is 3.35. The molecule has 0 unspecified atom stereocenters. The lowest BCUT2D eigenvalue weighted by atomic mass is 10.1. The molecule has 3 aromatic rings. The van der Waals surface area contributed by atoms with Crippen molar-refractivity contribution in [1.82, 2.24) is 30.6 Å². The Morgan fingerprint density at radius 1 is 1.27 bits per heavy atom. The Morgan fingerprint density at radius 3 is 2.87 bits per heavy atom. The number of pyridine rings is 1. The lowest BCUT2D eigenvalue weighted by molar-refractivity contribution is 0.0239. The predicted octanol–water partition coefficient (Wildman–Crippen LogP) is 1.58. The number of morpholine rings is 1. The van der Waals surface area contributed by atoms with E-state index in [1.807, 2.05) is 24.3 Å². The van der Waals surface area contributed by atoms with E-state index in [4.69, 9.17) is 9.72 Å². The van der Waals surface area contributed by atoms with Gasteiger partial charge in [-0.1, -0.05) is 35.5 Å². The number of nitrogens with one attached hydrogen (secondary N) is 2. The molecule has 3 heterocycles. The smallest absolute Gasteiger partial charge is 0.251 e. The Bertz CT molecular complexity index is 982. The second-order valence-electron chi connectivity index (χ2n) is 7.41. The third-order valence-electron chi connectivity index (χ3n) is 4.99. The molecule has 0 radical (unpaired) electrons. The third kappa shape index (κ3) is 5.28. The molecule has 1 fully saturated rings. The number of hydrogen-bond acceptors (Lipinski definition) is 6. The van der Waals surface area contributed by atoms with E-state index in [1.165, 1.54) is 0 Å². The standard InChI is InChI=1S/C22H26N6O2/c1-28-15-21(26-27-28)20-13-17(12-18(25-20)11-16-5-3-2-4-6-16)22(29)24-8-7-19-14-23-9-10-30-19/h2-6,12-13,15,19,23H,7-11,14H2,1H3,(H,24,29)/t19-/m1/s1. The molecule has 1 aromatic carbocycles. The first-order valence-electron chi connectivity index (χ1n) is 10.2. The molecule has 8 nitrogen and oxygen atoms in total. The van der Waals surface area contributed by atoms with Gasteiger partial charge in [-0.15, -0.1) is 5.10 Å². The van der Waals surface area contributed by atoms with Crippen LogP contribution in [0.4, 0.5) is 0 Å². The fraction of sp³-hybridized carbons (Fsp3) is 0.364. The maximum absolute atomic E-state index is 12.8. The van der Waals surface area contributed by atoms with Crippen molar-refractivity contribution in [3.8, 4) is 11.4 Å². The van der Waals surface area contributed by atoms with E-state index in [9.17, 15) is 4.79 Å². The molecule has 8 heteroatoms. The van der Waals surface area contributed by atoms with Crippen LogP contribution in [-0.4, -0.2) is 58.2 Å². The maximum atomic E-state index is 12.8. The molecular weight excluding hydrogens is 380 g/mol. The van der Waals surface area contributed by atoms with Crippen LogP contribution < -0.4 is 10.6 Å². The topological polar surface area (TPSA) is 94.0 Å². The fourth-order valence-electron chi connectivity index (χ4n) is 3.46. The van der Waals surface area contributed by atoms with E-state index >= 15 is 0 Å². The first-order valence-corrected chi connectivity index (χ1v) is 10.2. The highest BCUT2D eigenvalue weighted by molar-refractivity contribution is 5.95. The molecule has 0 saturated carbocycles. The van der Waals surface area contributed by atoms with Crippen LogP contribution in [-0.2, 0) is 18.2 Å². The summed E-state index contributed by atoms with van der Waals surface area (Å²) in [4.78, 5) is 17.6.